The SMILES string of the molecule is CCC(C)CC(CC)n1nc(C)cc1N. The van der Waals surface area contributed by atoms with Crippen molar-refractivity contribution < 1.29 is 0 Å². The minimum absolute atomic E-state index is 0.452. The molecule has 1 aromatic rings. The molecule has 2 atom stereocenters. The summed E-state index contributed by atoms with van der Waals surface area (Å²) in [6.45, 7) is 8.70. The van der Waals surface area contributed by atoms with E-state index >= 15 is 0 Å². The van der Waals surface area contributed by atoms with Crippen LogP contribution in [0.5, 0.6) is 0 Å². The van der Waals surface area contributed by atoms with Crippen molar-refractivity contribution in [2.75, 3.05) is 5.73 Å². The van der Waals surface area contributed by atoms with E-state index in [1.807, 2.05) is 17.7 Å². The Morgan fingerprint density at radius 1 is 1.40 bits per heavy atom. The van der Waals surface area contributed by atoms with Crippen LogP contribution < -0.4 is 5.73 Å². The molecule has 86 valence electrons. The number of nitrogens with two attached hydrogens (primary N) is 1. The quantitative estimate of drug-likeness (QED) is 0.809. The van der Waals surface area contributed by atoms with Gasteiger partial charge in [0, 0.05) is 6.07 Å². The number of aryl methyl sites for hydroxylation is 1. The smallest absolute Gasteiger partial charge is 0.122 e. The molecule has 0 saturated carbocycles. The number of rotatable bonds is 5. The minimum Gasteiger partial charge on any atom is -0.384 e. The van der Waals surface area contributed by atoms with Gasteiger partial charge in [0.15, 0.2) is 0 Å². The molecule has 3 nitrogen and oxygen atoms in total. The van der Waals surface area contributed by atoms with Gasteiger partial charge >= 0.3 is 0 Å². The molecule has 0 fully saturated rings. The first kappa shape index (κ1) is 12.1. The number of aromatic nitrogens is 2. The standard InChI is InChI=1S/C12H23N3/c1-5-9(3)7-11(6-2)15-12(13)8-10(4)14-15/h8-9,11H,5-7,13H2,1-4H3. The van der Waals surface area contributed by atoms with Gasteiger partial charge in [0.25, 0.3) is 0 Å². The molecule has 2 N–H and O–H groups in total. The van der Waals surface area contributed by atoms with Crippen LogP contribution in [-0.4, -0.2) is 9.78 Å². The van der Waals surface area contributed by atoms with Gasteiger partial charge in [-0.1, -0.05) is 27.2 Å². The van der Waals surface area contributed by atoms with Crippen molar-refractivity contribution in [1.82, 2.24) is 9.78 Å². The fraction of sp³-hybridized carbons (Fsp3) is 0.750. The van der Waals surface area contributed by atoms with Crippen molar-refractivity contribution >= 4 is 5.82 Å². The van der Waals surface area contributed by atoms with Crippen molar-refractivity contribution in [3.63, 3.8) is 0 Å². The van der Waals surface area contributed by atoms with Crippen LogP contribution in [0.3, 0.4) is 0 Å². The molecular formula is C12H23N3. The van der Waals surface area contributed by atoms with Gasteiger partial charge in [-0.3, -0.25) is 0 Å². The highest BCUT2D eigenvalue weighted by molar-refractivity contribution is 5.30. The summed E-state index contributed by atoms with van der Waals surface area (Å²) in [5.41, 5.74) is 6.94. The largest absolute Gasteiger partial charge is 0.384 e. The molecule has 0 saturated heterocycles. The Hall–Kier alpha value is -0.990. The van der Waals surface area contributed by atoms with E-state index in [-0.39, 0.29) is 0 Å². The minimum atomic E-state index is 0.452. The van der Waals surface area contributed by atoms with E-state index in [4.69, 9.17) is 5.73 Å². The summed E-state index contributed by atoms with van der Waals surface area (Å²) in [6.07, 6.45) is 3.48. The lowest BCUT2D eigenvalue weighted by Gasteiger charge is -2.20. The molecule has 1 rings (SSSR count). The van der Waals surface area contributed by atoms with Crippen LogP contribution in [0, 0.1) is 12.8 Å². The first-order chi connectivity index (χ1) is 7.08. The van der Waals surface area contributed by atoms with E-state index in [1.54, 1.807) is 0 Å². The molecule has 3 heteroatoms. The summed E-state index contributed by atoms with van der Waals surface area (Å²) in [5.74, 6) is 1.53. The topological polar surface area (TPSA) is 43.8 Å². The van der Waals surface area contributed by atoms with Crippen molar-refractivity contribution in [1.29, 1.82) is 0 Å². The first-order valence-corrected chi connectivity index (χ1v) is 5.90. The summed E-state index contributed by atoms with van der Waals surface area (Å²) in [7, 11) is 0. The molecule has 0 aliphatic carbocycles. The van der Waals surface area contributed by atoms with E-state index in [1.165, 1.54) is 12.8 Å². The predicted octanol–water partition coefficient (Wildman–Crippen LogP) is 3.16. The molecule has 1 aromatic heterocycles. The zero-order valence-corrected chi connectivity index (χ0v) is 10.3. The average Bonchev–Trinajstić information content (AvgIpc) is 2.54. The summed E-state index contributed by atoms with van der Waals surface area (Å²) in [5, 5.41) is 4.46. The van der Waals surface area contributed by atoms with Gasteiger partial charge in [-0.15, -0.1) is 0 Å². The fourth-order valence-electron chi connectivity index (χ4n) is 1.90. The van der Waals surface area contributed by atoms with Crippen LogP contribution >= 0.6 is 0 Å². The van der Waals surface area contributed by atoms with Gasteiger partial charge in [0.05, 0.1) is 11.7 Å². The highest BCUT2D eigenvalue weighted by Crippen LogP contribution is 2.25. The molecule has 0 aliphatic heterocycles. The molecule has 0 amide bonds. The Morgan fingerprint density at radius 3 is 2.47 bits per heavy atom. The molecule has 15 heavy (non-hydrogen) atoms. The summed E-state index contributed by atoms with van der Waals surface area (Å²) < 4.78 is 1.99. The van der Waals surface area contributed by atoms with Crippen LogP contribution in [0.1, 0.15) is 51.8 Å². The second-order valence-electron chi connectivity index (χ2n) is 4.47. The Bertz CT molecular complexity index is 304. The fourth-order valence-corrected chi connectivity index (χ4v) is 1.90. The summed E-state index contributed by atoms with van der Waals surface area (Å²) >= 11 is 0. The first-order valence-electron chi connectivity index (χ1n) is 5.90. The third-order valence-corrected chi connectivity index (χ3v) is 3.08. The lowest BCUT2D eigenvalue weighted by Crippen LogP contribution is -2.15. The molecule has 0 radical (unpaired) electrons. The second kappa shape index (κ2) is 5.19. The van der Waals surface area contributed by atoms with Crippen molar-refractivity contribution in [2.24, 2.45) is 5.92 Å². The number of hydrogen-bond acceptors (Lipinski definition) is 2. The highest BCUT2D eigenvalue weighted by atomic mass is 15.3. The van der Waals surface area contributed by atoms with Gasteiger partial charge in [0.1, 0.15) is 5.82 Å². The molecule has 0 spiro atoms. The maximum Gasteiger partial charge on any atom is 0.122 e. The normalized spacial score (nSPS) is 15.2. The molecule has 0 aliphatic rings. The summed E-state index contributed by atoms with van der Waals surface area (Å²) in [4.78, 5) is 0. The molecule has 2 unspecified atom stereocenters. The molecule has 0 bridgehead atoms. The third-order valence-electron chi connectivity index (χ3n) is 3.08. The lowest BCUT2D eigenvalue weighted by molar-refractivity contribution is 0.346. The Balaban J connectivity index is 2.78. The highest BCUT2D eigenvalue weighted by Gasteiger charge is 2.15. The van der Waals surface area contributed by atoms with Crippen LogP contribution in [0.4, 0.5) is 5.82 Å². The van der Waals surface area contributed by atoms with Gasteiger partial charge in [-0.25, -0.2) is 4.68 Å². The zero-order chi connectivity index (χ0) is 11.4. The van der Waals surface area contributed by atoms with Crippen molar-refractivity contribution in [2.45, 2.75) is 53.0 Å². The van der Waals surface area contributed by atoms with Crippen LogP contribution in [0.2, 0.25) is 0 Å². The molecular weight excluding hydrogens is 186 g/mol. The van der Waals surface area contributed by atoms with Gasteiger partial charge in [-0.2, -0.15) is 5.10 Å². The molecule has 1 heterocycles. The van der Waals surface area contributed by atoms with Crippen LogP contribution in [0.15, 0.2) is 6.07 Å². The Kier molecular flexibility index (Phi) is 4.18. The van der Waals surface area contributed by atoms with Gasteiger partial charge in [-0.05, 0) is 25.7 Å². The van der Waals surface area contributed by atoms with Gasteiger partial charge < -0.3 is 5.73 Å². The second-order valence-corrected chi connectivity index (χ2v) is 4.47. The van der Waals surface area contributed by atoms with E-state index in [9.17, 15) is 0 Å². The van der Waals surface area contributed by atoms with Crippen molar-refractivity contribution in [3.05, 3.63) is 11.8 Å². The maximum atomic E-state index is 5.94. The van der Waals surface area contributed by atoms with E-state index in [0.29, 0.717) is 6.04 Å². The number of nitrogens with zero attached hydrogens (tertiary/aromatic N) is 2. The Morgan fingerprint density at radius 2 is 2.07 bits per heavy atom. The third kappa shape index (κ3) is 2.98. The average molecular weight is 209 g/mol. The van der Waals surface area contributed by atoms with Crippen LogP contribution in [0.25, 0.3) is 0 Å². The van der Waals surface area contributed by atoms with E-state index in [2.05, 4.69) is 25.9 Å². The van der Waals surface area contributed by atoms with Crippen molar-refractivity contribution in [3.8, 4) is 0 Å². The van der Waals surface area contributed by atoms with Gasteiger partial charge in [0.2, 0.25) is 0 Å². The summed E-state index contributed by atoms with van der Waals surface area (Å²) in [6, 6.07) is 2.40. The monoisotopic (exact) mass is 209 g/mol. The molecule has 0 aromatic carbocycles. The maximum absolute atomic E-state index is 5.94. The number of nitrogen functional groups attached to an aromatic ring is 1. The van der Waals surface area contributed by atoms with E-state index < -0.39 is 0 Å². The Labute approximate surface area is 92.7 Å². The predicted molar refractivity (Wildman–Crippen MR) is 64.8 cm³/mol. The number of hydrogen-bond donors (Lipinski definition) is 1. The van der Waals surface area contributed by atoms with E-state index in [0.717, 1.165) is 23.9 Å². The lowest BCUT2D eigenvalue weighted by atomic mass is 9.98. The zero-order valence-electron chi connectivity index (χ0n) is 10.3. The number of anilines is 1. The van der Waals surface area contributed by atoms with Crippen LogP contribution in [-0.2, 0) is 0 Å².